The van der Waals surface area contributed by atoms with E-state index < -0.39 is 6.80 Å². The van der Waals surface area contributed by atoms with E-state index in [0.29, 0.717) is 27.6 Å². The molecular formula is C10H15N4O4PS. The summed E-state index contributed by atoms with van der Waals surface area (Å²) >= 11 is 0.591. The molecule has 3 N–H and O–H groups in total. The first kappa shape index (κ1) is 16.6. The van der Waals surface area contributed by atoms with Crippen molar-refractivity contribution in [1.82, 2.24) is 15.3 Å². The van der Waals surface area contributed by atoms with E-state index in [-0.39, 0.29) is 5.75 Å². The lowest BCUT2D eigenvalue weighted by molar-refractivity contribution is -0.676. The van der Waals surface area contributed by atoms with Crippen LogP contribution in [-0.2, 0) is 16.7 Å². The maximum absolute atomic E-state index is 10.4. The summed E-state index contributed by atoms with van der Waals surface area (Å²) in [5.74, 6) is 0.241. The van der Waals surface area contributed by atoms with Gasteiger partial charge in [0.1, 0.15) is 0 Å². The van der Waals surface area contributed by atoms with Gasteiger partial charge in [-0.15, -0.1) is 4.85 Å². The minimum atomic E-state index is -3.95. The molecule has 2 rings (SSSR count). The van der Waals surface area contributed by atoms with Gasteiger partial charge in [0.2, 0.25) is 0 Å². The summed E-state index contributed by atoms with van der Waals surface area (Å²) in [6.45, 7) is -2.05. The largest absolute Gasteiger partial charge is 0.691 e. The highest BCUT2D eigenvalue weighted by Gasteiger charge is 2.13. The molecule has 0 fully saturated rings. The normalized spacial score (nSPS) is 10.8. The zero-order chi connectivity index (χ0) is 15.0. The van der Waals surface area contributed by atoms with E-state index in [1.165, 1.54) is 0 Å². The molecule has 0 amide bonds. The number of pyridine rings is 1. The van der Waals surface area contributed by atoms with E-state index in [1.807, 2.05) is 6.92 Å². The lowest BCUT2D eigenvalue weighted by atomic mass is 10.4. The SMILES string of the molecule is CCc1c[nH]n[n+]1[O-].O=P(O)(O)SCc1ccccn1. The second-order valence-corrected chi connectivity index (χ2v) is 7.31. The molecule has 0 aromatic carbocycles. The predicted octanol–water partition coefficient (Wildman–Crippen LogP) is 1.01. The van der Waals surface area contributed by atoms with Gasteiger partial charge in [-0.05, 0) is 23.5 Å². The maximum atomic E-state index is 10.4. The van der Waals surface area contributed by atoms with Crippen LogP contribution in [0.3, 0.4) is 0 Å². The Labute approximate surface area is 119 Å². The summed E-state index contributed by atoms with van der Waals surface area (Å²) in [6.07, 6.45) is 3.91. The first-order chi connectivity index (χ1) is 9.42. The van der Waals surface area contributed by atoms with Crippen LogP contribution in [0, 0.1) is 5.21 Å². The molecule has 20 heavy (non-hydrogen) atoms. The number of aryl methyl sites for hydroxylation is 1. The molecule has 2 heterocycles. The molecule has 0 saturated carbocycles. The van der Waals surface area contributed by atoms with Gasteiger partial charge in [0.05, 0.1) is 10.9 Å². The first-order valence-electron chi connectivity index (χ1n) is 5.65. The molecule has 0 aliphatic carbocycles. The zero-order valence-corrected chi connectivity index (χ0v) is 12.4. The van der Waals surface area contributed by atoms with Crippen molar-refractivity contribution in [3.05, 3.63) is 47.2 Å². The van der Waals surface area contributed by atoms with E-state index in [0.717, 1.165) is 6.42 Å². The van der Waals surface area contributed by atoms with Gasteiger partial charge in [-0.1, -0.05) is 13.0 Å². The second kappa shape index (κ2) is 8.01. The minimum Gasteiger partial charge on any atom is -0.691 e. The quantitative estimate of drug-likeness (QED) is 0.436. The molecular weight excluding hydrogens is 303 g/mol. The van der Waals surface area contributed by atoms with Gasteiger partial charge in [-0.2, -0.15) is 5.10 Å². The Bertz CT molecular complexity index is 559. The molecule has 0 aliphatic rings. The van der Waals surface area contributed by atoms with Crippen molar-refractivity contribution in [3.63, 3.8) is 0 Å². The Kier molecular flexibility index (Phi) is 6.66. The van der Waals surface area contributed by atoms with Crippen LogP contribution in [0.1, 0.15) is 18.3 Å². The summed E-state index contributed by atoms with van der Waals surface area (Å²) < 4.78 is 10.4. The summed E-state index contributed by atoms with van der Waals surface area (Å²) in [7, 11) is 0. The Morgan fingerprint density at radius 3 is 2.65 bits per heavy atom. The van der Waals surface area contributed by atoms with Gasteiger partial charge >= 0.3 is 6.80 Å². The molecule has 2 aromatic heterocycles. The Morgan fingerprint density at radius 1 is 1.50 bits per heavy atom. The van der Waals surface area contributed by atoms with Crippen molar-refractivity contribution < 1.29 is 19.2 Å². The van der Waals surface area contributed by atoms with E-state index >= 15 is 0 Å². The number of H-pyrrole nitrogens is 1. The first-order valence-corrected chi connectivity index (χ1v) is 8.85. The third-order valence-corrected chi connectivity index (χ3v) is 4.25. The average molecular weight is 318 g/mol. The standard InChI is InChI=1S/C6H8NO3PS.C4H7N3O/c8-11(9,10)12-5-6-3-1-2-4-7-6;1-2-4-3-5-6-7(4)8/h1-4H,5H2,(H2,8,9,10);3,5H,2H2,1H3. The number of nitrogens with one attached hydrogen (secondary N) is 1. The number of aromatic nitrogens is 4. The molecule has 0 saturated heterocycles. The highest BCUT2D eigenvalue weighted by Crippen LogP contribution is 2.51. The third-order valence-electron chi connectivity index (χ3n) is 2.09. The highest BCUT2D eigenvalue weighted by molar-refractivity contribution is 8.54. The van der Waals surface area contributed by atoms with E-state index in [2.05, 4.69) is 15.3 Å². The fraction of sp³-hybridized carbons (Fsp3) is 0.300. The van der Waals surface area contributed by atoms with Gasteiger partial charge < -0.3 is 15.0 Å². The molecule has 0 bridgehead atoms. The second-order valence-electron chi connectivity index (χ2n) is 3.58. The Morgan fingerprint density at radius 2 is 2.25 bits per heavy atom. The number of aromatic amines is 1. The van der Waals surface area contributed by atoms with E-state index in [1.54, 1.807) is 30.6 Å². The summed E-state index contributed by atoms with van der Waals surface area (Å²) in [5, 5.41) is 16.2. The van der Waals surface area contributed by atoms with E-state index in [9.17, 15) is 9.77 Å². The molecule has 2 aromatic rings. The van der Waals surface area contributed by atoms with E-state index in [4.69, 9.17) is 9.79 Å². The van der Waals surface area contributed by atoms with Crippen LogP contribution >= 0.6 is 18.2 Å². The van der Waals surface area contributed by atoms with Gasteiger partial charge in [-0.3, -0.25) is 4.98 Å². The van der Waals surface area contributed by atoms with Crippen molar-refractivity contribution in [2.75, 3.05) is 0 Å². The van der Waals surface area contributed by atoms with Gasteiger partial charge in [0.25, 0.3) is 0 Å². The Balaban J connectivity index is 0.000000217. The molecule has 8 nitrogen and oxygen atoms in total. The molecule has 0 unspecified atom stereocenters. The van der Waals surface area contributed by atoms with Crippen LogP contribution < -0.4 is 4.85 Å². The van der Waals surface area contributed by atoms with Crippen molar-refractivity contribution in [3.8, 4) is 0 Å². The van der Waals surface area contributed by atoms with Crippen LogP contribution in [0.4, 0.5) is 0 Å². The van der Waals surface area contributed by atoms with Crippen molar-refractivity contribution in [1.29, 1.82) is 0 Å². The molecule has 0 aliphatic heterocycles. The predicted molar refractivity (Wildman–Crippen MR) is 74.5 cm³/mol. The number of hydrogen-bond donors (Lipinski definition) is 3. The van der Waals surface area contributed by atoms with Crippen LogP contribution in [0.15, 0.2) is 30.6 Å². The van der Waals surface area contributed by atoms with Crippen LogP contribution in [0.5, 0.6) is 0 Å². The lowest BCUT2D eigenvalue weighted by Crippen LogP contribution is -2.31. The zero-order valence-electron chi connectivity index (χ0n) is 10.7. The average Bonchev–Trinajstić information content (AvgIpc) is 2.83. The maximum Gasteiger partial charge on any atom is 0.384 e. The molecule has 10 heteroatoms. The number of rotatable bonds is 4. The highest BCUT2D eigenvalue weighted by atomic mass is 32.7. The summed E-state index contributed by atoms with van der Waals surface area (Å²) in [5.41, 5.74) is 1.34. The van der Waals surface area contributed by atoms with Crippen molar-refractivity contribution in [2.45, 2.75) is 19.1 Å². The smallest absolute Gasteiger partial charge is 0.384 e. The molecule has 0 spiro atoms. The number of nitrogens with zero attached hydrogens (tertiary/aromatic N) is 3. The molecule has 110 valence electrons. The van der Waals surface area contributed by atoms with Crippen molar-refractivity contribution in [2.24, 2.45) is 0 Å². The molecule has 0 atom stereocenters. The Hall–Kier alpha value is -1.41. The van der Waals surface area contributed by atoms with Crippen LogP contribution in [0.25, 0.3) is 0 Å². The third kappa shape index (κ3) is 6.67. The summed E-state index contributed by atoms with van der Waals surface area (Å²) in [6, 6.07) is 5.26. The van der Waals surface area contributed by atoms with Crippen LogP contribution in [0.2, 0.25) is 0 Å². The topological polar surface area (TPSA) is 126 Å². The monoisotopic (exact) mass is 318 g/mol. The van der Waals surface area contributed by atoms with Crippen molar-refractivity contribution >= 4 is 18.2 Å². The fourth-order valence-corrected chi connectivity index (χ4v) is 2.52. The fourth-order valence-electron chi connectivity index (χ4n) is 1.15. The summed E-state index contributed by atoms with van der Waals surface area (Å²) in [4.78, 5) is 21.6. The van der Waals surface area contributed by atoms with Gasteiger partial charge in [-0.25, -0.2) is 4.57 Å². The number of hydrogen-bond acceptors (Lipinski definition) is 5. The van der Waals surface area contributed by atoms with Crippen LogP contribution in [-0.4, -0.2) is 25.1 Å². The van der Waals surface area contributed by atoms with Gasteiger partial charge in [0.15, 0.2) is 11.9 Å². The minimum absolute atomic E-state index is 0.241. The lowest BCUT2D eigenvalue weighted by Gasteiger charge is -2.01. The molecule has 0 radical (unpaired) electrons. The van der Waals surface area contributed by atoms with Gasteiger partial charge in [0, 0.05) is 18.4 Å².